The van der Waals surface area contributed by atoms with Gasteiger partial charge in [0.25, 0.3) is 11.6 Å². The van der Waals surface area contributed by atoms with Crippen LogP contribution in [-0.2, 0) is 18.4 Å². The third kappa shape index (κ3) is 5.38. The smallest absolute Gasteiger partial charge is 0.257 e. The van der Waals surface area contributed by atoms with Crippen LogP contribution in [0.25, 0.3) is 11.1 Å². The number of hydrogen-bond donors (Lipinski definition) is 0. The molecule has 0 aromatic carbocycles. The number of amides is 1. The van der Waals surface area contributed by atoms with Crippen LogP contribution < -0.4 is 0 Å². The van der Waals surface area contributed by atoms with Crippen LogP contribution >= 0.6 is 0 Å². The Hall–Kier alpha value is -2.85. The summed E-state index contributed by atoms with van der Waals surface area (Å²) in [6.07, 6.45) is 5.60. The van der Waals surface area contributed by atoms with Gasteiger partial charge in [-0.2, -0.15) is 0 Å². The minimum absolute atomic E-state index is 0.0173. The molecule has 0 saturated carbocycles. The van der Waals surface area contributed by atoms with Crippen LogP contribution in [0.3, 0.4) is 0 Å². The Bertz CT molecular complexity index is 1170. The van der Waals surface area contributed by atoms with Crippen molar-refractivity contribution in [3.63, 3.8) is 0 Å². The van der Waals surface area contributed by atoms with Crippen molar-refractivity contribution in [3.05, 3.63) is 35.4 Å². The molecule has 0 aliphatic carbocycles. The lowest BCUT2D eigenvalue weighted by Crippen LogP contribution is -2.50. The monoisotopic (exact) mass is 480 g/mol. The fourth-order valence-electron chi connectivity index (χ4n) is 4.81. The number of carbonyl (C=O) groups is 1. The van der Waals surface area contributed by atoms with Gasteiger partial charge in [0.1, 0.15) is 0 Å². The molecule has 5 heterocycles. The second-order valence-corrected chi connectivity index (χ2v) is 11.1. The van der Waals surface area contributed by atoms with E-state index >= 15 is 0 Å². The van der Waals surface area contributed by atoms with Crippen LogP contribution in [0.5, 0.6) is 0 Å². The number of aryl methyl sites for hydroxylation is 1. The molecule has 2 aliphatic heterocycles. The van der Waals surface area contributed by atoms with Gasteiger partial charge in [0, 0.05) is 76.6 Å². The summed E-state index contributed by atoms with van der Waals surface area (Å²) in [6, 6.07) is 1.87. The molecule has 10 nitrogen and oxygen atoms in total. The molecule has 5 rings (SSSR count). The predicted octanol–water partition coefficient (Wildman–Crippen LogP) is 2.06. The van der Waals surface area contributed by atoms with Crippen molar-refractivity contribution in [3.8, 4) is 0 Å². The molecule has 0 spiro atoms. The molecule has 1 amide bonds. The Labute approximate surface area is 206 Å². The zero-order chi connectivity index (χ0) is 24.6. The molecule has 2 fully saturated rings. The summed E-state index contributed by atoms with van der Waals surface area (Å²) in [7, 11) is 2.18. The van der Waals surface area contributed by atoms with Gasteiger partial charge in [-0.1, -0.05) is 31.1 Å². The van der Waals surface area contributed by atoms with Crippen molar-refractivity contribution in [2.45, 2.75) is 45.6 Å². The summed E-state index contributed by atoms with van der Waals surface area (Å²) >= 11 is 0. The van der Waals surface area contributed by atoms with Gasteiger partial charge in [0.15, 0.2) is 0 Å². The predicted molar refractivity (Wildman–Crippen MR) is 132 cm³/mol. The van der Waals surface area contributed by atoms with Gasteiger partial charge in [-0.15, -0.1) is 5.10 Å². The Morgan fingerprint density at radius 3 is 2.66 bits per heavy atom. The Balaban J connectivity index is 1.08. The van der Waals surface area contributed by atoms with E-state index in [2.05, 4.69) is 64.3 Å². The van der Waals surface area contributed by atoms with E-state index in [1.807, 2.05) is 15.6 Å². The van der Waals surface area contributed by atoms with E-state index in [0.29, 0.717) is 17.2 Å². The van der Waals surface area contributed by atoms with Gasteiger partial charge in [-0.25, -0.2) is 4.98 Å². The van der Waals surface area contributed by atoms with Crippen molar-refractivity contribution in [1.82, 2.24) is 39.8 Å². The third-order valence-corrected chi connectivity index (χ3v) is 7.16. The summed E-state index contributed by atoms with van der Waals surface area (Å²) in [6.45, 7) is 14.1. The van der Waals surface area contributed by atoms with E-state index in [4.69, 9.17) is 4.52 Å². The zero-order valence-corrected chi connectivity index (χ0v) is 21.3. The number of aromatic nitrogens is 5. The lowest BCUT2D eigenvalue weighted by atomic mass is 9.90. The first-order chi connectivity index (χ1) is 16.8. The van der Waals surface area contributed by atoms with Crippen LogP contribution in [0, 0.1) is 5.92 Å². The number of nitrogens with zero attached hydrogens (tertiary/aromatic N) is 8. The molecule has 0 atom stereocenters. The van der Waals surface area contributed by atoms with Crippen molar-refractivity contribution in [1.29, 1.82) is 0 Å². The van der Waals surface area contributed by atoms with Crippen molar-refractivity contribution in [2.75, 3.05) is 52.9 Å². The molecule has 188 valence electrons. The molecule has 0 radical (unpaired) electrons. The average Bonchev–Trinajstić information content (AvgIpc) is 3.43. The third-order valence-electron chi connectivity index (χ3n) is 7.16. The fraction of sp³-hybridized carbons (Fsp3) is 0.640. The molecule has 2 saturated heterocycles. The fourth-order valence-corrected chi connectivity index (χ4v) is 4.81. The molecular formula is C25H36N8O2. The maximum Gasteiger partial charge on any atom is 0.257 e. The highest BCUT2D eigenvalue weighted by Crippen LogP contribution is 2.30. The number of carbonyl (C=O) groups excluding carboxylic acids is 1. The number of piperazine rings is 1. The minimum Gasteiger partial charge on any atom is -0.338 e. The van der Waals surface area contributed by atoms with Gasteiger partial charge in [-0.3, -0.25) is 9.48 Å². The van der Waals surface area contributed by atoms with Crippen molar-refractivity contribution < 1.29 is 9.32 Å². The van der Waals surface area contributed by atoms with E-state index in [0.717, 1.165) is 82.0 Å². The lowest BCUT2D eigenvalue weighted by Gasteiger charge is -2.39. The summed E-state index contributed by atoms with van der Waals surface area (Å²) in [5, 5.41) is 13.7. The quantitative estimate of drug-likeness (QED) is 0.507. The van der Waals surface area contributed by atoms with E-state index < -0.39 is 0 Å². The van der Waals surface area contributed by atoms with Crippen LogP contribution in [-0.4, -0.2) is 98.6 Å². The van der Waals surface area contributed by atoms with Crippen LogP contribution in [0.4, 0.5) is 0 Å². The van der Waals surface area contributed by atoms with Crippen LogP contribution in [0.2, 0.25) is 0 Å². The number of fused-ring (bicyclic) bond motifs is 1. The van der Waals surface area contributed by atoms with E-state index in [1.165, 1.54) is 0 Å². The SMILES string of the molecule is CN1CCN(CCc2cn(CCC3CN(C(=O)c4cnc5onc(C(C)(C)C)c5c4)C3)nn2)CC1. The maximum atomic E-state index is 13.0. The molecule has 10 heteroatoms. The normalized spacial score (nSPS) is 18.3. The Kier molecular flexibility index (Phi) is 6.59. The maximum absolute atomic E-state index is 13.0. The van der Waals surface area contributed by atoms with Crippen molar-refractivity contribution >= 4 is 17.0 Å². The number of pyridine rings is 1. The van der Waals surface area contributed by atoms with E-state index in [9.17, 15) is 4.79 Å². The Morgan fingerprint density at radius 2 is 1.91 bits per heavy atom. The van der Waals surface area contributed by atoms with E-state index in [1.54, 1.807) is 6.20 Å². The standard InChI is InChI=1S/C25H36N8O2/c1-25(2,3)22-21-13-19(14-26-23(21)35-28-22)24(34)32-15-18(16-32)5-8-33-17-20(27-29-33)6-7-31-11-9-30(4)10-12-31/h13-14,17-18H,5-12,15-16H2,1-4H3. The number of likely N-dealkylation sites (tertiary alicyclic amines) is 1. The molecule has 0 unspecified atom stereocenters. The highest BCUT2D eigenvalue weighted by Gasteiger charge is 2.32. The Morgan fingerprint density at radius 1 is 1.14 bits per heavy atom. The second kappa shape index (κ2) is 9.66. The second-order valence-electron chi connectivity index (χ2n) is 11.1. The molecule has 3 aromatic rings. The van der Waals surface area contributed by atoms with Gasteiger partial charge >= 0.3 is 0 Å². The van der Waals surface area contributed by atoms with Crippen LogP contribution in [0.15, 0.2) is 23.0 Å². The molecule has 35 heavy (non-hydrogen) atoms. The first-order valence-corrected chi connectivity index (χ1v) is 12.6. The highest BCUT2D eigenvalue weighted by atomic mass is 16.5. The minimum atomic E-state index is -0.178. The summed E-state index contributed by atoms with van der Waals surface area (Å²) in [4.78, 5) is 24.1. The van der Waals surface area contributed by atoms with Crippen molar-refractivity contribution in [2.24, 2.45) is 5.92 Å². The molecule has 3 aromatic heterocycles. The largest absolute Gasteiger partial charge is 0.338 e. The highest BCUT2D eigenvalue weighted by molar-refractivity contribution is 5.97. The van der Waals surface area contributed by atoms with Gasteiger partial charge < -0.3 is 19.2 Å². The lowest BCUT2D eigenvalue weighted by molar-refractivity contribution is 0.0475. The first-order valence-electron chi connectivity index (χ1n) is 12.6. The average molecular weight is 481 g/mol. The summed E-state index contributed by atoms with van der Waals surface area (Å²) < 4.78 is 7.30. The number of likely N-dealkylation sites (N-methyl/N-ethyl adjacent to an activating group) is 1. The number of hydrogen-bond acceptors (Lipinski definition) is 8. The van der Waals surface area contributed by atoms with Gasteiger partial charge in [0.2, 0.25) is 0 Å². The first kappa shape index (κ1) is 23.9. The molecule has 2 aliphatic rings. The summed E-state index contributed by atoms with van der Waals surface area (Å²) in [5.74, 6) is 0.498. The molecule has 0 bridgehead atoms. The van der Waals surface area contributed by atoms with Gasteiger partial charge in [0.05, 0.1) is 22.3 Å². The van der Waals surface area contributed by atoms with E-state index in [-0.39, 0.29) is 11.3 Å². The summed E-state index contributed by atoms with van der Waals surface area (Å²) in [5.41, 5.74) is 2.77. The van der Waals surface area contributed by atoms with Crippen LogP contribution in [0.1, 0.15) is 48.9 Å². The molecular weight excluding hydrogens is 444 g/mol. The topological polar surface area (TPSA) is 96.4 Å². The zero-order valence-electron chi connectivity index (χ0n) is 21.3. The van der Waals surface area contributed by atoms with Gasteiger partial charge in [-0.05, 0) is 25.5 Å². The molecule has 0 N–H and O–H groups in total. The number of rotatable bonds is 7.